The van der Waals surface area contributed by atoms with Gasteiger partial charge in [0, 0.05) is 0 Å². The summed E-state index contributed by atoms with van der Waals surface area (Å²) in [5, 5.41) is 19.7. The second-order valence-corrected chi connectivity index (χ2v) is 4.56. The van der Waals surface area contributed by atoms with Crippen molar-refractivity contribution in [2.24, 2.45) is 0 Å². The van der Waals surface area contributed by atoms with Gasteiger partial charge in [0.1, 0.15) is 18.3 Å². The van der Waals surface area contributed by atoms with Crippen molar-refractivity contribution in [1.82, 2.24) is 19.5 Å². The smallest absolute Gasteiger partial charge is 0.278 e. The maximum atomic E-state index is 11.5. The molecule has 8 nitrogen and oxygen atoms in total. The van der Waals surface area contributed by atoms with E-state index in [-0.39, 0.29) is 22.6 Å². The lowest BCUT2D eigenvalue weighted by molar-refractivity contribution is -0.0291. The molecule has 1 saturated heterocycles. The summed E-state index contributed by atoms with van der Waals surface area (Å²) in [5.41, 5.74) is 0.0306. The maximum absolute atomic E-state index is 11.5. The van der Waals surface area contributed by atoms with Crippen LogP contribution in [0.4, 0.5) is 0 Å². The number of nitrogens with one attached hydrogen (secondary N) is 1. The van der Waals surface area contributed by atoms with Crippen molar-refractivity contribution in [3.63, 3.8) is 0 Å². The fourth-order valence-corrected chi connectivity index (χ4v) is 2.39. The van der Waals surface area contributed by atoms with Crippen LogP contribution in [0, 0.1) is 0 Å². The zero-order chi connectivity index (χ0) is 13.6. The van der Waals surface area contributed by atoms with Gasteiger partial charge in [-0.15, -0.1) is 11.6 Å². The van der Waals surface area contributed by atoms with Crippen LogP contribution in [0.2, 0.25) is 0 Å². The fourth-order valence-electron chi connectivity index (χ4n) is 2.14. The van der Waals surface area contributed by atoms with Crippen LogP contribution >= 0.6 is 11.6 Å². The van der Waals surface area contributed by atoms with Crippen molar-refractivity contribution in [3.8, 4) is 0 Å². The zero-order valence-corrected chi connectivity index (χ0v) is 10.4. The lowest BCUT2D eigenvalue weighted by Gasteiger charge is -2.16. The van der Waals surface area contributed by atoms with Gasteiger partial charge in [-0.05, 0) is 0 Å². The molecule has 3 heterocycles. The zero-order valence-electron chi connectivity index (χ0n) is 9.60. The van der Waals surface area contributed by atoms with Crippen LogP contribution in [-0.2, 0) is 4.74 Å². The number of rotatable bonds is 2. The van der Waals surface area contributed by atoms with Crippen molar-refractivity contribution in [3.05, 3.63) is 23.0 Å². The van der Waals surface area contributed by atoms with Crippen LogP contribution in [0.15, 0.2) is 17.4 Å². The molecule has 19 heavy (non-hydrogen) atoms. The molecule has 0 aromatic carbocycles. The van der Waals surface area contributed by atoms with Gasteiger partial charge in [-0.25, -0.2) is 9.97 Å². The Morgan fingerprint density at radius 1 is 1.42 bits per heavy atom. The highest BCUT2D eigenvalue weighted by molar-refractivity contribution is 6.18. The number of fused-ring (bicyclic) bond motifs is 1. The van der Waals surface area contributed by atoms with E-state index in [2.05, 4.69) is 15.0 Å². The Morgan fingerprint density at radius 2 is 2.21 bits per heavy atom. The number of halogens is 1. The molecular weight excluding hydrogens is 276 g/mol. The van der Waals surface area contributed by atoms with Gasteiger partial charge in [-0.1, -0.05) is 0 Å². The Hall–Kier alpha value is -1.48. The van der Waals surface area contributed by atoms with Crippen molar-refractivity contribution in [2.75, 3.05) is 5.88 Å². The molecule has 0 radical (unpaired) electrons. The highest BCUT2D eigenvalue weighted by Crippen LogP contribution is 2.31. The van der Waals surface area contributed by atoms with E-state index in [1.807, 2.05) is 0 Å². The third-order valence-electron chi connectivity index (χ3n) is 3.13. The second-order valence-electron chi connectivity index (χ2n) is 4.26. The van der Waals surface area contributed by atoms with Crippen LogP contribution in [0.1, 0.15) is 6.23 Å². The summed E-state index contributed by atoms with van der Waals surface area (Å²) in [4.78, 5) is 21.9. The largest absolute Gasteiger partial charge is 0.387 e. The van der Waals surface area contributed by atoms with Gasteiger partial charge in [0.25, 0.3) is 5.56 Å². The molecule has 2 aromatic rings. The summed E-state index contributed by atoms with van der Waals surface area (Å²) in [6.45, 7) is 0. The Morgan fingerprint density at radius 3 is 2.89 bits per heavy atom. The van der Waals surface area contributed by atoms with E-state index in [4.69, 9.17) is 16.3 Å². The molecule has 4 atom stereocenters. The molecule has 2 aromatic heterocycles. The number of hydrogen-bond acceptors (Lipinski definition) is 6. The summed E-state index contributed by atoms with van der Waals surface area (Å²) < 4.78 is 6.87. The number of alkyl halides is 1. The lowest BCUT2D eigenvalue weighted by Crippen LogP contribution is -2.32. The van der Waals surface area contributed by atoms with Crippen LogP contribution in [0.25, 0.3) is 11.2 Å². The minimum Gasteiger partial charge on any atom is -0.387 e. The van der Waals surface area contributed by atoms with Gasteiger partial charge in [0.2, 0.25) is 0 Å². The molecule has 0 spiro atoms. The van der Waals surface area contributed by atoms with Crippen LogP contribution < -0.4 is 5.56 Å². The topological polar surface area (TPSA) is 113 Å². The SMILES string of the molecule is O=c1[nH]cnc2c1ncn2C1OC(CCl)C(O)C1O. The molecule has 3 N–H and O–H groups in total. The Bertz CT molecular complexity index is 656. The number of aliphatic hydroxyl groups is 2. The summed E-state index contributed by atoms with van der Waals surface area (Å²) in [5.74, 6) is 0.0510. The normalized spacial score (nSPS) is 31.1. The van der Waals surface area contributed by atoms with Gasteiger partial charge >= 0.3 is 0 Å². The van der Waals surface area contributed by atoms with E-state index in [1.54, 1.807) is 0 Å². The molecule has 0 aliphatic carbocycles. The summed E-state index contributed by atoms with van der Waals surface area (Å²) >= 11 is 5.65. The Balaban J connectivity index is 2.06. The third-order valence-corrected chi connectivity index (χ3v) is 3.43. The lowest BCUT2D eigenvalue weighted by atomic mass is 10.1. The average molecular weight is 287 g/mol. The monoisotopic (exact) mass is 286 g/mol. The first-order chi connectivity index (χ1) is 9.13. The first kappa shape index (κ1) is 12.5. The predicted molar refractivity (Wildman–Crippen MR) is 64.8 cm³/mol. The number of aliphatic hydroxyl groups excluding tert-OH is 2. The van der Waals surface area contributed by atoms with Gasteiger partial charge in [0.15, 0.2) is 17.4 Å². The summed E-state index contributed by atoms with van der Waals surface area (Å²) in [7, 11) is 0. The molecular formula is C10H11ClN4O4. The molecule has 0 saturated carbocycles. The van der Waals surface area contributed by atoms with E-state index < -0.39 is 24.5 Å². The number of nitrogens with zero attached hydrogens (tertiary/aromatic N) is 3. The van der Waals surface area contributed by atoms with Gasteiger partial charge in [-0.2, -0.15) is 0 Å². The molecule has 3 rings (SSSR count). The van der Waals surface area contributed by atoms with Crippen molar-refractivity contribution >= 4 is 22.8 Å². The van der Waals surface area contributed by atoms with Gasteiger partial charge < -0.3 is 19.9 Å². The first-order valence-corrected chi connectivity index (χ1v) is 6.14. The minimum absolute atomic E-state index is 0.0510. The molecule has 4 unspecified atom stereocenters. The highest BCUT2D eigenvalue weighted by atomic mass is 35.5. The number of hydrogen-bond donors (Lipinski definition) is 3. The fraction of sp³-hybridized carbons (Fsp3) is 0.500. The Kier molecular flexibility index (Phi) is 3.02. The number of imidazole rings is 1. The average Bonchev–Trinajstić information content (AvgIpc) is 2.94. The third kappa shape index (κ3) is 1.84. The van der Waals surface area contributed by atoms with Gasteiger partial charge in [-0.3, -0.25) is 9.36 Å². The van der Waals surface area contributed by atoms with Crippen LogP contribution in [0.3, 0.4) is 0 Å². The summed E-state index contributed by atoms with van der Waals surface area (Å²) in [6, 6.07) is 0. The Labute approximate surface area is 111 Å². The number of H-pyrrole nitrogens is 1. The highest BCUT2D eigenvalue weighted by Gasteiger charge is 2.43. The predicted octanol–water partition coefficient (Wildman–Crippen LogP) is -1.02. The molecule has 1 aliphatic rings. The van der Waals surface area contributed by atoms with Crippen LogP contribution in [0.5, 0.6) is 0 Å². The van der Waals surface area contributed by atoms with E-state index in [1.165, 1.54) is 17.2 Å². The quantitative estimate of drug-likeness (QED) is 0.609. The molecule has 1 fully saturated rings. The number of aromatic amines is 1. The molecule has 102 valence electrons. The van der Waals surface area contributed by atoms with Crippen molar-refractivity contribution in [2.45, 2.75) is 24.5 Å². The van der Waals surface area contributed by atoms with Crippen molar-refractivity contribution in [1.29, 1.82) is 0 Å². The number of ether oxygens (including phenoxy) is 1. The minimum atomic E-state index is -1.16. The van der Waals surface area contributed by atoms with Crippen LogP contribution in [-0.4, -0.2) is 53.9 Å². The standard InChI is InChI=1S/C10H11ClN4O4/c11-1-4-6(16)7(17)10(19-4)15-3-14-5-8(15)12-2-13-9(5)18/h2-4,6-7,10,16-17H,1H2,(H,12,13,18). The van der Waals surface area contributed by atoms with E-state index in [0.29, 0.717) is 0 Å². The van der Waals surface area contributed by atoms with Crippen molar-refractivity contribution < 1.29 is 14.9 Å². The maximum Gasteiger partial charge on any atom is 0.278 e. The molecule has 0 amide bonds. The second kappa shape index (κ2) is 4.57. The van der Waals surface area contributed by atoms with E-state index in [9.17, 15) is 15.0 Å². The summed E-state index contributed by atoms with van der Waals surface area (Å²) in [6.07, 6.45) is -1.24. The van der Waals surface area contributed by atoms with E-state index >= 15 is 0 Å². The first-order valence-electron chi connectivity index (χ1n) is 5.61. The molecule has 0 bridgehead atoms. The molecule has 9 heteroatoms. The van der Waals surface area contributed by atoms with Gasteiger partial charge in [0.05, 0.1) is 18.5 Å². The number of aromatic nitrogens is 4. The molecule has 1 aliphatic heterocycles. The van der Waals surface area contributed by atoms with E-state index in [0.717, 1.165) is 0 Å².